The second kappa shape index (κ2) is 6.98. The van der Waals surface area contributed by atoms with Gasteiger partial charge in [-0.2, -0.15) is 0 Å². The van der Waals surface area contributed by atoms with E-state index in [4.69, 9.17) is 4.74 Å². The van der Waals surface area contributed by atoms with Gasteiger partial charge in [0.05, 0.1) is 30.5 Å². The van der Waals surface area contributed by atoms with Gasteiger partial charge in [-0.1, -0.05) is 18.2 Å². The first-order chi connectivity index (χ1) is 10.5. The van der Waals surface area contributed by atoms with Crippen LogP contribution in [0.4, 0.5) is 10.5 Å². The minimum atomic E-state index is -0.404. The third-order valence-corrected chi connectivity index (χ3v) is 3.46. The number of rotatable bonds is 5. The lowest BCUT2D eigenvalue weighted by molar-refractivity contribution is -0.138. The largest absolute Gasteiger partial charge is 0.463 e. The minimum absolute atomic E-state index is 0.296. The zero-order valence-electron chi connectivity index (χ0n) is 13.1. The lowest BCUT2D eigenvalue weighted by Gasteiger charge is -2.29. The first-order valence-electron chi connectivity index (χ1n) is 7.26. The maximum absolute atomic E-state index is 12.2. The van der Waals surface area contributed by atoms with Crippen molar-refractivity contribution in [3.8, 4) is 0 Å². The predicted molar refractivity (Wildman–Crippen MR) is 84.5 cm³/mol. The van der Waals surface area contributed by atoms with Gasteiger partial charge in [0.25, 0.3) is 0 Å². The number of para-hydroxylation sites is 1. The quantitative estimate of drug-likeness (QED) is 0.811. The van der Waals surface area contributed by atoms with Crippen LogP contribution in [0.2, 0.25) is 0 Å². The Kier molecular flexibility index (Phi) is 5.04. The van der Waals surface area contributed by atoms with Crippen molar-refractivity contribution < 1.29 is 14.3 Å². The molecule has 0 aliphatic carbocycles. The van der Waals surface area contributed by atoms with Crippen LogP contribution in [0.3, 0.4) is 0 Å². The molecule has 6 heteroatoms. The summed E-state index contributed by atoms with van der Waals surface area (Å²) < 4.78 is 5.10. The number of likely N-dealkylation sites (N-methyl/N-ethyl adjacent to an activating group) is 1. The van der Waals surface area contributed by atoms with Crippen molar-refractivity contribution in [3.63, 3.8) is 0 Å². The van der Waals surface area contributed by atoms with E-state index in [0.29, 0.717) is 24.4 Å². The van der Waals surface area contributed by atoms with Crippen molar-refractivity contribution in [3.05, 3.63) is 41.6 Å². The molecule has 1 aromatic carbocycles. The Morgan fingerprint density at radius 2 is 2.00 bits per heavy atom. The number of hydrogen-bond acceptors (Lipinski definition) is 4. The average molecular weight is 303 g/mol. The Hall–Kier alpha value is -2.50. The molecule has 2 N–H and O–H groups in total. The standard InChI is InChI=1S/C16H21N3O3/c1-4-22-15(20)14-11(2)17-16(21)18-13(14)10-19(3)12-8-6-5-7-9-12/h5-9,11H,4,10H2,1-3H3,(H2,17,18,21). The van der Waals surface area contributed by atoms with Gasteiger partial charge < -0.3 is 20.3 Å². The molecule has 0 bridgehead atoms. The van der Waals surface area contributed by atoms with E-state index in [-0.39, 0.29) is 12.1 Å². The number of nitrogens with one attached hydrogen (secondary N) is 2. The highest BCUT2D eigenvalue weighted by Gasteiger charge is 2.30. The number of anilines is 1. The van der Waals surface area contributed by atoms with E-state index < -0.39 is 5.97 Å². The van der Waals surface area contributed by atoms with Crippen LogP contribution in [0.1, 0.15) is 13.8 Å². The predicted octanol–water partition coefficient (Wildman–Crippen LogP) is 1.64. The number of amides is 2. The molecule has 2 amide bonds. The summed E-state index contributed by atoms with van der Waals surface area (Å²) in [5.74, 6) is -0.404. The third kappa shape index (κ3) is 3.58. The molecule has 1 aromatic rings. The molecule has 0 saturated heterocycles. The van der Waals surface area contributed by atoms with Crippen molar-refractivity contribution in [2.75, 3.05) is 25.1 Å². The van der Waals surface area contributed by atoms with Crippen LogP contribution < -0.4 is 15.5 Å². The van der Waals surface area contributed by atoms with Crippen LogP contribution in [0.25, 0.3) is 0 Å². The Bertz CT molecular complexity index is 584. The van der Waals surface area contributed by atoms with Gasteiger partial charge in [-0.3, -0.25) is 0 Å². The molecule has 1 atom stereocenters. The molecule has 1 aliphatic rings. The molecule has 118 valence electrons. The van der Waals surface area contributed by atoms with Crippen molar-refractivity contribution in [2.45, 2.75) is 19.9 Å². The van der Waals surface area contributed by atoms with E-state index in [2.05, 4.69) is 10.6 Å². The number of urea groups is 1. The number of carbonyl (C=O) groups excluding carboxylic acids is 2. The van der Waals surface area contributed by atoms with Crippen LogP contribution >= 0.6 is 0 Å². The molecule has 6 nitrogen and oxygen atoms in total. The van der Waals surface area contributed by atoms with Crippen molar-refractivity contribution in [2.24, 2.45) is 0 Å². The summed E-state index contributed by atoms with van der Waals surface area (Å²) in [5, 5.41) is 5.41. The molecule has 22 heavy (non-hydrogen) atoms. The van der Waals surface area contributed by atoms with E-state index >= 15 is 0 Å². The molecule has 1 aliphatic heterocycles. The highest BCUT2D eigenvalue weighted by Crippen LogP contribution is 2.18. The van der Waals surface area contributed by atoms with Crippen LogP contribution in [0, 0.1) is 0 Å². The van der Waals surface area contributed by atoms with Gasteiger partial charge in [-0.25, -0.2) is 9.59 Å². The molecule has 0 spiro atoms. The van der Waals surface area contributed by atoms with E-state index in [1.165, 1.54) is 0 Å². The van der Waals surface area contributed by atoms with Crippen molar-refractivity contribution >= 4 is 17.7 Å². The van der Waals surface area contributed by atoms with Crippen LogP contribution in [-0.2, 0) is 9.53 Å². The Balaban J connectivity index is 2.27. The number of esters is 1. The maximum Gasteiger partial charge on any atom is 0.337 e. The fraction of sp³-hybridized carbons (Fsp3) is 0.375. The van der Waals surface area contributed by atoms with E-state index in [0.717, 1.165) is 5.69 Å². The number of ether oxygens (including phenoxy) is 1. The normalized spacial score (nSPS) is 17.6. The van der Waals surface area contributed by atoms with Crippen LogP contribution in [-0.4, -0.2) is 38.2 Å². The Morgan fingerprint density at radius 1 is 1.32 bits per heavy atom. The minimum Gasteiger partial charge on any atom is -0.463 e. The number of nitrogens with zero attached hydrogens (tertiary/aromatic N) is 1. The summed E-state index contributed by atoms with van der Waals surface area (Å²) in [5.41, 5.74) is 2.03. The van der Waals surface area contributed by atoms with Crippen LogP contribution in [0.15, 0.2) is 41.6 Å². The molecule has 0 aromatic heterocycles. The smallest absolute Gasteiger partial charge is 0.337 e. The van der Waals surface area contributed by atoms with E-state index in [9.17, 15) is 9.59 Å². The second-order valence-corrected chi connectivity index (χ2v) is 5.12. The second-order valence-electron chi connectivity index (χ2n) is 5.12. The topological polar surface area (TPSA) is 70.7 Å². The summed E-state index contributed by atoms with van der Waals surface area (Å²) in [6.07, 6.45) is 0. The number of benzene rings is 1. The fourth-order valence-corrected chi connectivity index (χ4v) is 2.42. The van der Waals surface area contributed by atoms with Crippen molar-refractivity contribution in [1.29, 1.82) is 0 Å². The first-order valence-corrected chi connectivity index (χ1v) is 7.26. The Morgan fingerprint density at radius 3 is 2.64 bits per heavy atom. The summed E-state index contributed by atoms with van der Waals surface area (Å²) in [6, 6.07) is 9.07. The zero-order chi connectivity index (χ0) is 16.1. The zero-order valence-corrected chi connectivity index (χ0v) is 13.1. The average Bonchev–Trinajstić information content (AvgIpc) is 2.47. The Labute approximate surface area is 130 Å². The molecule has 0 fully saturated rings. The highest BCUT2D eigenvalue weighted by atomic mass is 16.5. The van der Waals surface area contributed by atoms with Gasteiger partial charge in [0, 0.05) is 12.7 Å². The summed E-state index contributed by atoms with van der Waals surface area (Å²) in [7, 11) is 1.91. The van der Waals surface area contributed by atoms with Gasteiger partial charge in [0.15, 0.2) is 0 Å². The fourth-order valence-electron chi connectivity index (χ4n) is 2.42. The lowest BCUT2D eigenvalue weighted by Crippen LogP contribution is -2.51. The summed E-state index contributed by atoms with van der Waals surface area (Å²) in [4.78, 5) is 25.8. The van der Waals surface area contributed by atoms with Gasteiger partial charge in [0.1, 0.15) is 0 Å². The lowest BCUT2D eigenvalue weighted by atomic mass is 10.0. The number of hydrogen-bond donors (Lipinski definition) is 2. The molecular formula is C16H21N3O3. The maximum atomic E-state index is 12.2. The SMILES string of the molecule is CCOC(=O)C1=C(CN(C)c2ccccc2)NC(=O)NC1C. The van der Waals surface area contributed by atoms with Gasteiger partial charge >= 0.3 is 12.0 Å². The van der Waals surface area contributed by atoms with Gasteiger partial charge in [-0.05, 0) is 26.0 Å². The van der Waals surface area contributed by atoms with Gasteiger partial charge in [0.2, 0.25) is 0 Å². The molecule has 1 heterocycles. The van der Waals surface area contributed by atoms with E-state index in [1.54, 1.807) is 13.8 Å². The molecule has 1 unspecified atom stereocenters. The summed E-state index contributed by atoms with van der Waals surface area (Å²) in [6.45, 7) is 4.24. The van der Waals surface area contributed by atoms with Crippen molar-refractivity contribution in [1.82, 2.24) is 10.6 Å². The van der Waals surface area contributed by atoms with Crippen LogP contribution in [0.5, 0.6) is 0 Å². The molecular weight excluding hydrogens is 282 g/mol. The van der Waals surface area contributed by atoms with E-state index in [1.807, 2.05) is 42.3 Å². The van der Waals surface area contributed by atoms with Gasteiger partial charge in [-0.15, -0.1) is 0 Å². The third-order valence-electron chi connectivity index (χ3n) is 3.46. The highest BCUT2D eigenvalue weighted by molar-refractivity contribution is 5.94. The number of carbonyl (C=O) groups is 2. The molecule has 0 saturated carbocycles. The monoisotopic (exact) mass is 303 g/mol. The molecule has 2 rings (SSSR count). The molecule has 0 radical (unpaired) electrons. The summed E-state index contributed by atoms with van der Waals surface area (Å²) >= 11 is 0. The first kappa shape index (κ1) is 15.9.